The highest BCUT2D eigenvalue weighted by molar-refractivity contribution is 5.61. The monoisotopic (exact) mass is 280 g/mol. The van der Waals surface area contributed by atoms with Crippen LogP contribution in [0, 0.1) is 6.92 Å². The molecule has 3 rings (SSSR count). The second-order valence-corrected chi connectivity index (χ2v) is 4.85. The number of aryl methyl sites for hydroxylation is 1. The topological polar surface area (TPSA) is 58.3 Å². The molecule has 0 aliphatic rings. The molecule has 1 heterocycles. The number of nitrogens with one attached hydrogen (secondary N) is 1. The molecule has 0 aliphatic carbocycles. The predicted octanol–water partition coefficient (Wildman–Crippen LogP) is 3.97. The molecule has 4 heteroatoms. The van der Waals surface area contributed by atoms with Gasteiger partial charge in [0.15, 0.2) is 5.89 Å². The van der Waals surface area contributed by atoms with Crippen LogP contribution in [0.1, 0.15) is 11.5 Å². The Bertz CT molecular complexity index is 715. The maximum atomic E-state index is 9.25. The average Bonchev–Trinajstić information content (AvgIpc) is 2.94. The van der Waals surface area contributed by atoms with Crippen LogP contribution in [0.5, 0.6) is 5.75 Å². The molecule has 0 spiro atoms. The van der Waals surface area contributed by atoms with Gasteiger partial charge in [0.2, 0.25) is 0 Å². The van der Waals surface area contributed by atoms with Gasteiger partial charge in [0.25, 0.3) is 0 Å². The molecule has 0 fully saturated rings. The maximum absolute atomic E-state index is 9.25. The number of hydrogen-bond donors (Lipinski definition) is 2. The van der Waals surface area contributed by atoms with E-state index in [-0.39, 0.29) is 5.75 Å². The summed E-state index contributed by atoms with van der Waals surface area (Å²) in [5.41, 5.74) is 4.02. The minimum absolute atomic E-state index is 0.283. The van der Waals surface area contributed by atoms with Crippen LogP contribution in [0.4, 0.5) is 5.69 Å². The Morgan fingerprint density at radius 2 is 1.76 bits per heavy atom. The molecule has 0 saturated carbocycles. The third kappa shape index (κ3) is 3.23. The Morgan fingerprint density at radius 3 is 2.38 bits per heavy atom. The summed E-state index contributed by atoms with van der Waals surface area (Å²) in [5, 5.41) is 12.6. The zero-order valence-electron chi connectivity index (χ0n) is 11.7. The number of nitrogens with zero attached hydrogens (tertiary/aromatic N) is 1. The summed E-state index contributed by atoms with van der Waals surface area (Å²) in [6, 6.07) is 15.2. The number of anilines is 1. The van der Waals surface area contributed by atoms with E-state index in [0.29, 0.717) is 12.4 Å². The molecular weight excluding hydrogens is 264 g/mol. The molecule has 0 saturated heterocycles. The summed E-state index contributed by atoms with van der Waals surface area (Å²) in [6.45, 7) is 2.54. The Labute approximate surface area is 123 Å². The third-order valence-electron chi connectivity index (χ3n) is 3.23. The molecular formula is C17H16N2O2. The Balaban J connectivity index is 1.65. The van der Waals surface area contributed by atoms with Gasteiger partial charge in [0, 0.05) is 24.7 Å². The second kappa shape index (κ2) is 5.71. The van der Waals surface area contributed by atoms with Gasteiger partial charge in [0.1, 0.15) is 17.7 Å². The maximum Gasteiger partial charge on any atom is 0.191 e. The van der Waals surface area contributed by atoms with Crippen LogP contribution in [-0.4, -0.2) is 10.1 Å². The zero-order chi connectivity index (χ0) is 14.7. The molecule has 2 aromatic carbocycles. The van der Waals surface area contributed by atoms with Crippen molar-refractivity contribution in [3.8, 4) is 17.0 Å². The van der Waals surface area contributed by atoms with Crippen molar-refractivity contribution in [3.63, 3.8) is 0 Å². The summed E-state index contributed by atoms with van der Waals surface area (Å²) >= 11 is 0. The van der Waals surface area contributed by atoms with E-state index in [1.807, 2.05) is 43.3 Å². The molecule has 0 unspecified atom stereocenters. The SMILES string of the molecule is Cc1nc(-c2ccc(NCc3ccc(O)cc3)cc2)co1. The summed E-state index contributed by atoms with van der Waals surface area (Å²) in [4.78, 5) is 4.30. The van der Waals surface area contributed by atoms with Crippen LogP contribution in [0.2, 0.25) is 0 Å². The minimum Gasteiger partial charge on any atom is -0.508 e. The number of phenolic OH excluding ortho intramolecular Hbond substituents is 1. The fourth-order valence-corrected chi connectivity index (χ4v) is 2.07. The normalized spacial score (nSPS) is 10.5. The Kier molecular flexibility index (Phi) is 3.60. The highest BCUT2D eigenvalue weighted by atomic mass is 16.3. The Morgan fingerprint density at radius 1 is 1.05 bits per heavy atom. The molecule has 0 atom stereocenters. The fraction of sp³-hybridized carbons (Fsp3) is 0.118. The van der Waals surface area contributed by atoms with Crippen molar-refractivity contribution in [1.29, 1.82) is 0 Å². The van der Waals surface area contributed by atoms with Gasteiger partial charge in [-0.1, -0.05) is 24.3 Å². The number of phenols is 1. The first-order chi connectivity index (χ1) is 10.2. The lowest BCUT2D eigenvalue weighted by Crippen LogP contribution is -1.98. The van der Waals surface area contributed by atoms with E-state index in [2.05, 4.69) is 10.3 Å². The van der Waals surface area contributed by atoms with Crippen LogP contribution in [-0.2, 0) is 6.54 Å². The van der Waals surface area contributed by atoms with Crippen molar-refractivity contribution in [1.82, 2.24) is 4.98 Å². The smallest absolute Gasteiger partial charge is 0.191 e. The standard InChI is InChI=1S/C17H16N2O2/c1-12-19-17(11-21-12)14-4-6-15(7-5-14)18-10-13-2-8-16(20)9-3-13/h2-9,11,18,20H,10H2,1H3. The molecule has 0 aliphatic heterocycles. The van der Waals surface area contributed by atoms with E-state index in [1.54, 1.807) is 18.4 Å². The Hall–Kier alpha value is -2.75. The van der Waals surface area contributed by atoms with Gasteiger partial charge in [0.05, 0.1) is 0 Å². The van der Waals surface area contributed by atoms with Gasteiger partial charge in [-0.15, -0.1) is 0 Å². The van der Waals surface area contributed by atoms with Crippen molar-refractivity contribution < 1.29 is 9.52 Å². The van der Waals surface area contributed by atoms with Crippen LogP contribution in [0.15, 0.2) is 59.2 Å². The van der Waals surface area contributed by atoms with E-state index < -0.39 is 0 Å². The lowest BCUT2D eigenvalue weighted by molar-refractivity contribution is 0.475. The first-order valence-corrected chi connectivity index (χ1v) is 6.75. The molecule has 2 N–H and O–H groups in total. The van der Waals surface area contributed by atoms with Crippen molar-refractivity contribution in [3.05, 3.63) is 66.2 Å². The first-order valence-electron chi connectivity index (χ1n) is 6.75. The lowest BCUT2D eigenvalue weighted by atomic mass is 10.1. The van der Waals surface area contributed by atoms with Gasteiger partial charge in [-0.05, 0) is 29.8 Å². The largest absolute Gasteiger partial charge is 0.508 e. The van der Waals surface area contributed by atoms with Crippen LogP contribution in [0.3, 0.4) is 0 Å². The zero-order valence-corrected chi connectivity index (χ0v) is 11.7. The van der Waals surface area contributed by atoms with Crippen molar-refractivity contribution in [2.45, 2.75) is 13.5 Å². The van der Waals surface area contributed by atoms with Gasteiger partial charge in [-0.2, -0.15) is 0 Å². The first kappa shape index (κ1) is 13.2. The van der Waals surface area contributed by atoms with E-state index in [4.69, 9.17) is 4.42 Å². The van der Waals surface area contributed by atoms with E-state index in [9.17, 15) is 5.11 Å². The highest BCUT2D eigenvalue weighted by Crippen LogP contribution is 2.21. The van der Waals surface area contributed by atoms with Gasteiger partial charge >= 0.3 is 0 Å². The quantitative estimate of drug-likeness (QED) is 0.759. The van der Waals surface area contributed by atoms with Gasteiger partial charge < -0.3 is 14.8 Å². The molecule has 0 bridgehead atoms. The number of aromatic nitrogens is 1. The van der Waals surface area contributed by atoms with E-state index >= 15 is 0 Å². The summed E-state index contributed by atoms with van der Waals surface area (Å²) in [7, 11) is 0. The second-order valence-electron chi connectivity index (χ2n) is 4.85. The van der Waals surface area contributed by atoms with Crippen molar-refractivity contribution in [2.75, 3.05) is 5.32 Å². The predicted molar refractivity (Wildman–Crippen MR) is 82.1 cm³/mol. The molecule has 3 aromatic rings. The molecule has 0 amide bonds. The van der Waals surface area contributed by atoms with Crippen LogP contribution >= 0.6 is 0 Å². The molecule has 106 valence electrons. The van der Waals surface area contributed by atoms with Crippen LogP contribution in [0.25, 0.3) is 11.3 Å². The highest BCUT2D eigenvalue weighted by Gasteiger charge is 2.03. The summed E-state index contributed by atoms with van der Waals surface area (Å²) in [6.07, 6.45) is 1.66. The van der Waals surface area contributed by atoms with Crippen LogP contribution < -0.4 is 5.32 Å². The molecule has 21 heavy (non-hydrogen) atoms. The molecule has 4 nitrogen and oxygen atoms in total. The van der Waals surface area contributed by atoms with Gasteiger partial charge in [-0.3, -0.25) is 0 Å². The summed E-state index contributed by atoms with van der Waals surface area (Å²) < 4.78 is 5.22. The van der Waals surface area contributed by atoms with Gasteiger partial charge in [-0.25, -0.2) is 4.98 Å². The number of hydrogen-bond acceptors (Lipinski definition) is 4. The van der Waals surface area contributed by atoms with E-state index in [1.165, 1.54) is 0 Å². The van der Waals surface area contributed by atoms with Crippen molar-refractivity contribution >= 4 is 5.69 Å². The number of oxazole rings is 1. The van der Waals surface area contributed by atoms with E-state index in [0.717, 1.165) is 22.5 Å². The summed E-state index contributed by atoms with van der Waals surface area (Å²) in [5.74, 6) is 0.950. The van der Waals surface area contributed by atoms with Crippen molar-refractivity contribution in [2.24, 2.45) is 0 Å². The fourth-order valence-electron chi connectivity index (χ4n) is 2.07. The molecule has 1 aromatic heterocycles. The number of rotatable bonds is 4. The molecule has 0 radical (unpaired) electrons. The average molecular weight is 280 g/mol. The number of aromatic hydroxyl groups is 1. The number of benzene rings is 2. The third-order valence-corrected chi connectivity index (χ3v) is 3.23. The minimum atomic E-state index is 0.283. The lowest BCUT2D eigenvalue weighted by Gasteiger charge is -2.07.